The zero-order chi connectivity index (χ0) is 25.2. The number of aromatic nitrogens is 1. The van der Waals surface area contributed by atoms with E-state index in [2.05, 4.69) is 5.32 Å². The monoisotopic (exact) mass is 472 g/mol. The van der Waals surface area contributed by atoms with Gasteiger partial charge in [0.25, 0.3) is 5.91 Å². The largest absolute Gasteiger partial charge is 0.466 e. The highest BCUT2D eigenvalue weighted by Gasteiger charge is 2.52. The standard InChI is InChI=1S/C27H24N2O6/c1-17-19-13-7-9-15-21(19)29(23(17)27(33,25(31)34-2)26(32)35-3)22-16-10-8-14-20(22)28-24(30)18-11-5-4-6-12-18/h4-16,33H,1-3H3,(H,28,30). The minimum atomic E-state index is -2.76. The number of ether oxygens (including phenoxy) is 2. The first-order valence-corrected chi connectivity index (χ1v) is 10.8. The summed E-state index contributed by atoms with van der Waals surface area (Å²) in [5.41, 5.74) is -0.433. The second kappa shape index (κ2) is 9.44. The molecular formula is C27H24N2O6. The van der Waals surface area contributed by atoms with Crippen LogP contribution in [0.5, 0.6) is 0 Å². The van der Waals surface area contributed by atoms with Crippen LogP contribution in [0, 0.1) is 6.92 Å². The SMILES string of the molecule is COC(=O)C(O)(C(=O)OC)c1c(C)c2ccccc2n1-c1ccccc1NC(=O)c1ccccc1. The van der Waals surface area contributed by atoms with Crippen LogP contribution in [0.1, 0.15) is 21.6 Å². The summed E-state index contributed by atoms with van der Waals surface area (Å²) < 4.78 is 11.2. The maximum atomic E-state index is 12.9. The van der Waals surface area contributed by atoms with Crippen LogP contribution in [0.2, 0.25) is 0 Å². The lowest BCUT2D eigenvalue weighted by Gasteiger charge is -2.26. The highest BCUT2D eigenvalue weighted by atomic mass is 16.6. The number of anilines is 1. The van der Waals surface area contributed by atoms with Gasteiger partial charge in [0.1, 0.15) is 0 Å². The van der Waals surface area contributed by atoms with E-state index in [1.165, 1.54) is 0 Å². The Morgan fingerprint density at radius 1 is 0.829 bits per heavy atom. The van der Waals surface area contributed by atoms with Crippen LogP contribution in [0.15, 0.2) is 78.9 Å². The van der Waals surface area contributed by atoms with Crippen molar-refractivity contribution in [2.45, 2.75) is 12.5 Å². The molecule has 0 spiro atoms. The van der Waals surface area contributed by atoms with E-state index in [1.54, 1.807) is 72.2 Å². The Hall–Kier alpha value is -4.43. The maximum absolute atomic E-state index is 12.9. The van der Waals surface area contributed by atoms with Crippen molar-refractivity contribution in [2.75, 3.05) is 19.5 Å². The Balaban J connectivity index is 2.01. The number of nitrogens with one attached hydrogen (secondary N) is 1. The molecule has 0 atom stereocenters. The number of hydrogen-bond donors (Lipinski definition) is 2. The van der Waals surface area contributed by atoms with E-state index in [4.69, 9.17) is 9.47 Å². The number of amides is 1. The van der Waals surface area contributed by atoms with Crippen LogP contribution in [-0.2, 0) is 24.7 Å². The molecule has 0 bridgehead atoms. The number of aliphatic hydroxyl groups is 1. The van der Waals surface area contributed by atoms with Gasteiger partial charge in [0, 0.05) is 10.9 Å². The van der Waals surface area contributed by atoms with Gasteiger partial charge < -0.3 is 24.5 Å². The van der Waals surface area contributed by atoms with Crippen molar-refractivity contribution >= 4 is 34.4 Å². The Kier molecular flexibility index (Phi) is 6.40. The quantitative estimate of drug-likeness (QED) is 0.327. The van der Waals surface area contributed by atoms with Crippen molar-refractivity contribution in [2.24, 2.45) is 0 Å². The van der Waals surface area contributed by atoms with Crippen LogP contribution in [0.3, 0.4) is 0 Å². The van der Waals surface area contributed by atoms with Crippen LogP contribution in [-0.4, -0.2) is 41.7 Å². The number of hydrogen-bond acceptors (Lipinski definition) is 6. The highest BCUT2D eigenvalue weighted by molar-refractivity contribution is 6.07. The number of nitrogens with zero attached hydrogens (tertiary/aromatic N) is 1. The molecular weight excluding hydrogens is 448 g/mol. The molecule has 8 heteroatoms. The second-order valence-electron chi connectivity index (χ2n) is 7.86. The third-order valence-electron chi connectivity index (χ3n) is 5.86. The number of benzene rings is 3. The molecule has 4 aromatic rings. The fraction of sp³-hybridized carbons (Fsp3) is 0.148. The van der Waals surface area contributed by atoms with Crippen LogP contribution in [0.25, 0.3) is 16.6 Å². The van der Waals surface area contributed by atoms with E-state index in [1.807, 2.05) is 18.2 Å². The molecule has 1 aromatic heterocycles. The molecule has 4 rings (SSSR count). The maximum Gasteiger partial charge on any atom is 0.356 e. The third-order valence-corrected chi connectivity index (χ3v) is 5.86. The molecule has 0 saturated carbocycles. The van der Waals surface area contributed by atoms with Gasteiger partial charge >= 0.3 is 17.5 Å². The van der Waals surface area contributed by atoms with Gasteiger partial charge in [-0.2, -0.15) is 0 Å². The van der Waals surface area contributed by atoms with Crippen molar-refractivity contribution in [1.82, 2.24) is 4.57 Å². The smallest absolute Gasteiger partial charge is 0.356 e. The number of methoxy groups -OCH3 is 2. The van der Waals surface area contributed by atoms with E-state index < -0.39 is 17.5 Å². The molecule has 0 saturated heterocycles. The van der Waals surface area contributed by atoms with Gasteiger partial charge in [0.2, 0.25) is 0 Å². The molecule has 0 aliphatic heterocycles. The van der Waals surface area contributed by atoms with Crippen molar-refractivity contribution in [3.63, 3.8) is 0 Å². The summed E-state index contributed by atoms with van der Waals surface area (Å²) in [6, 6.07) is 22.8. The van der Waals surface area contributed by atoms with E-state index in [-0.39, 0.29) is 11.6 Å². The zero-order valence-electron chi connectivity index (χ0n) is 19.4. The molecule has 1 heterocycles. The number of fused-ring (bicyclic) bond motifs is 1. The predicted octanol–water partition coefficient (Wildman–Crippen LogP) is 3.72. The fourth-order valence-corrected chi connectivity index (χ4v) is 4.22. The Labute approximate surface area is 201 Å². The summed E-state index contributed by atoms with van der Waals surface area (Å²) in [6.07, 6.45) is 0. The lowest BCUT2D eigenvalue weighted by Crippen LogP contribution is -2.47. The summed E-state index contributed by atoms with van der Waals surface area (Å²) >= 11 is 0. The lowest BCUT2D eigenvalue weighted by molar-refractivity contribution is -0.182. The van der Waals surface area contributed by atoms with E-state index >= 15 is 0 Å². The van der Waals surface area contributed by atoms with Crippen molar-refractivity contribution in [1.29, 1.82) is 0 Å². The van der Waals surface area contributed by atoms with Gasteiger partial charge in [-0.3, -0.25) is 4.79 Å². The molecule has 0 radical (unpaired) electrons. The summed E-state index contributed by atoms with van der Waals surface area (Å²) in [4.78, 5) is 38.6. The minimum absolute atomic E-state index is 0.0428. The Bertz CT molecular complexity index is 1410. The number of carbonyl (C=O) groups excluding carboxylic acids is 3. The first kappa shape index (κ1) is 23.7. The van der Waals surface area contributed by atoms with Gasteiger partial charge in [-0.05, 0) is 42.8 Å². The second-order valence-corrected chi connectivity index (χ2v) is 7.86. The number of rotatable bonds is 6. The first-order valence-electron chi connectivity index (χ1n) is 10.8. The highest BCUT2D eigenvalue weighted by Crippen LogP contribution is 2.39. The van der Waals surface area contributed by atoms with E-state index in [0.717, 1.165) is 14.2 Å². The summed E-state index contributed by atoms with van der Waals surface area (Å²) in [6.45, 7) is 1.69. The molecule has 3 aromatic carbocycles. The van der Waals surface area contributed by atoms with Crippen LogP contribution < -0.4 is 5.32 Å². The van der Waals surface area contributed by atoms with Gasteiger partial charge in [-0.25, -0.2) is 9.59 Å². The third kappa shape index (κ3) is 3.94. The molecule has 0 unspecified atom stereocenters. The summed E-state index contributed by atoms with van der Waals surface area (Å²) in [7, 11) is 2.15. The molecule has 8 nitrogen and oxygen atoms in total. The number of carbonyl (C=O) groups is 3. The van der Waals surface area contributed by atoms with Gasteiger partial charge in [-0.1, -0.05) is 48.5 Å². The number of para-hydroxylation sites is 3. The first-order chi connectivity index (χ1) is 16.8. The molecule has 0 aliphatic rings. The molecule has 178 valence electrons. The van der Waals surface area contributed by atoms with Gasteiger partial charge in [-0.15, -0.1) is 0 Å². The van der Waals surface area contributed by atoms with E-state index in [9.17, 15) is 19.5 Å². The minimum Gasteiger partial charge on any atom is -0.466 e. The molecule has 1 amide bonds. The van der Waals surface area contributed by atoms with Crippen LogP contribution in [0.4, 0.5) is 5.69 Å². The average molecular weight is 472 g/mol. The summed E-state index contributed by atoms with van der Waals surface area (Å²) in [5, 5.41) is 15.1. The zero-order valence-corrected chi connectivity index (χ0v) is 19.4. The van der Waals surface area contributed by atoms with Crippen molar-refractivity contribution in [3.05, 3.63) is 95.7 Å². The number of esters is 2. The molecule has 0 aliphatic carbocycles. The fourth-order valence-electron chi connectivity index (χ4n) is 4.22. The lowest BCUT2D eigenvalue weighted by atomic mass is 9.95. The average Bonchev–Trinajstić information content (AvgIpc) is 3.20. The molecule has 35 heavy (non-hydrogen) atoms. The molecule has 0 fully saturated rings. The normalized spacial score (nSPS) is 11.2. The van der Waals surface area contributed by atoms with Crippen molar-refractivity contribution < 1.29 is 29.0 Å². The summed E-state index contributed by atoms with van der Waals surface area (Å²) in [5.74, 6) is -2.73. The van der Waals surface area contributed by atoms with Gasteiger partial charge in [0.05, 0.1) is 36.8 Å². The Morgan fingerprint density at radius 3 is 2.06 bits per heavy atom. The topological polar surface area (TPSA) is 107 Å². The Morgan fingerprint density at radius 2 is 1.40 bits per heavy atom. The predicted molar refractivity (Wildman–Crippen MR) is 130 cm³/mol. The van der Waals surface area contributed by atoms with E-state index in [0.29, 0.717) is 33.4 Å². The van der Waals surface area contributed by atoms with Crippen LogP contribution >= 0.6 is 0 Å². The van der Waals surface area contributed by atoms with Crippen molar-refractivity contribution in [3.8, 4) is 5.69 Å². The molecule has 2 N–H and O–H groups in total. The number of aryl methyl sites for hydroxylation is 1. The van der Waals surface area contributed by atoms with Gasteiger partial charge in [0.15, 0.2) is 0 Å².